The first-order chi connectivity index (χ1) is 8.77. The highest BCUT2D eigenvalue weighted by atomic mass is 16.5. The van der Waals surface area contributed by atoms with Crippen LogP contribution in [0, 0.1) is 0 Å². The number of nitrogens with one attached hydrogen (secondary N) is 1. The second kappa shape index (κ2) is 6.55. The van der Waals surface area contributed by atoms with E-state index in [1.807, 2.05) is 6.92 Å². The minimum absolute atomic E-state index is 0.00764. The first kappa shape index (κ1) is 13.9. The molecule has 0 aromatic carbocycles. The van der Waals surface area contributed by atoms with E-state index in [0.29, 0.717) is 12.6 Å². The summed E-state index contributed by atoms with van der Waals surface area (Å²) in [7, 11) is 0. The summed E-state index contributed by atoms with van der Waals surface area (Å²) in [5.41, 5.74) is -0.356. The summed E-state index contributed by atoms with van der Waals surface area (Å²) < 4.78 is 5.30. The fourth-order valence-electron chi connectivity index (χ4n) is 3.47. The number of esters is 1. The molecule has 0 spiro atoms. The van der Waals surface area contributed by atoms with E-state index >= 15 is 0 Å². The average molecular weight is 253 g/mol. The van der Waals surface area contributed by atoms with Gasteiger partial charge in [0, 0.05) is 6.04 Å². The third-order valence-corrected chi connectivity index (χ3v) is 4.46. The van der Waals surface area contributed by atoms with E-state index in [1.165, 1.54) is 38.5 Å². The van der Waals surface area contributed by atoms with E-state index in [0.717, 1.165) is 25.7 Å². The highest BCUT2D eigenvalue weighted by Gasteiger charge is 2.43. The number of hydrogen-bond donors (Lipinski definition) is 1. The number of carbonyl (C=O) groups excluding carboxylic acids is 1. The molecular weight excluding hydrogens is 226 g/mol. The normalized spacial score (nSPS) is 24.7. The summed E-state index contributed by atoms with van der Waals surface area (Å²) >= 11 is 0. The van der Waals surface area contributed by atoms with E-state index in [2.05, 4.69) is 5.32 Å². The van der Waals surface area contributed by atoms with Crippen LogP contribution in [0.15, 0.2) is 0 Å². The maximum atomic E-state index is 12.2. The second-order valence-electron chi connectivity index (χ2n) is 5.84. The molecule has 3 heteroatoms. The van der Waals surface area contributed by atoms with E-state index in [4.69, 9.17) is 4.74 Å². The zero-order valence-corrected chi connectivity index (χ0v) is 11.7. The molecule has 0 aromatic rings. The fraction of sp³-hybridized carbons (Fsp3) is 0.933. The molecule has 2 fully saturated rings. The quantitative estimate of drug-likeness (QED) is 0.618. The SMILES string of the molecule is CCOC(=O)C1(NC2CCCCCC2)CCCC1. The third-order valence-electron chi connectivity index (χ3n) is 4.46. The minimum Gasteiger partial charge on any atom is -0.465 e. The first-order valence-corrected chi connectivity index (χ1v) is 7.72. The van der Waals surface area contributed by atoms with Gasteiger partial charge in [-0.1, -0.05) is 38.5 Å². The summed E-state index contributed by atoms with van der Waals surface area (Å²) in [5, 5.41) is 3.68. The van der Waals surface area contributed by atoms with Crippen LogP contribution in [0.4, 0.5) is 0 Å². The highest BCUT2D eigenvalue weighted by molar-refractivity contribution is 5.81. The van der Waals surface area contributed by atoms with E-state index in [9.17, 15) is 4.79 Å². The molecule has 2 aliphatic carbocycles. The minimum atomic E-state index is -0.356. The molecule has 0 atom stereocenters. The van der Waals surface area contributed by atoms with Gasteiger partial charge in [-0.25, -0.2) is 0 Å². The molecule has 0 amide bonds. The Morgan fingerprint density at radius 2 is 1.72 bits per heavy atom. The van der Waals surface area contributed by atoms with Gasteiger partial charge in [-0.15, -0.1) is 0 Å². The zero-order chi connectivity index (χ0) is 12.8. The smallest absolute Gasteiger partial charge is 0.326 e. The van der Waals surface area contributed by atoms with Gasteiger partial charge in [0.15, 0.2) is 0 Å². The Balaban J connectivity index is 1.98. The van der Waals surface area contributed by atoms with Crippen LogP contribution in [0.5, 0.6) is 0 Å². The van der Waals surface area contributed by atoms with Gasteiger partial charge in [-0.05, 0) is 32.6 Å². The van der Waals surface area contributed by atoms with Crippen molar-refractivity contribution in [1.29, 1.82) is 0 Å². The van der Waals surface area contributed by atoms with Crippen LogP contribution in [-0.4, -0.2) is 24.2 Å². The zero-order valence-electron chi connectivity index (χ0n) is 11.7. The van der Waals surface area contributed by atoms with Crippen molar-refractivity contribution < 1.29 is 9.53 Å². The number of carbonyl (C=O) groups is 1. The number of rotatable bonds is 4. The Bertz CT molecular complexity index is 264. The molecule has 0 saturated heterocycles. The maximum Gasteiger partial charge on any atom is 0.326 e. The lowest BCUT2D eigenvalue weighted by molar-refractivity contribution is -0.151. The molecule has 0 aliphatic heterocycles. The van der Waals surface area contributed by atoms with E-state index in [-0.39, 0.29) is 11.5 Å². The molecule has 1 N–H and O–H groups in total. The molecule has 104 valence electrons. The molecule has 0 heterocycles. The Morgan fingerprint density at radius 1 is 1.11 bits per heavy atom. The molecular formula is C15H27NO2. The van der Waals surface area contributed by atoms with Gasteiger partial charge >= 0.3 is 5.97 Å². The molecule has 18 heavy (non-hydrogen) atoms. The van der Waals surface area contributed by atoms with Crippen molar-refractivity contribution in [2.75, 3.05) is 6.61 Å². The lowest BCUT2D eigenvalue weighted by Crippen LogP contribution is -2.54. The largest absolute Gasteiger partial charge is 0.465 e. The highest BCUT2D eigenvalue weighted by Crippen LogP contribution is 2.33. The van der Waals surface area contributed by atoms with Crippen LogP contribution >= 0.6 is 0 Å². The summed E-state index contributed by atoms with van der Waals surface area (Å²) in [6.07, 6.45) is 12.0. The molecule has 2 aliphatic rings. The summed E-state index contributed by atoms with van der Waals surface area (Å²) in [6, 6.07) is 0.523. The van der Waals surface area contributed by atoms with E-state index < -0.39 is 0 Å². The van der Waals surface area contributed by atoms with Crippen molar-refractivity contribution in [3.8, 4) is 0 Å². The maximum absolute atomic E-state index is 12.2. The van der Waals surface area contributed by atoms with Crippen LogP contribution in [0.3, 0.4) is 0 Å². The second-order valence-corrected chi connectivity index (χ2v) is 5.84. The van der Waals surface area contributed by atoms with Gasteiger partial charge in [-0.2, -0.15) is 0 Å². The predicted octanol–water partition coefficient (Wildman–Crippen LogP) is 3.17. The Morgan fingerprint density at radius 3 is 2.28 bits per heavy atom. The predicted molar refractivity (Wildman–Crippen MR) is 72.5 cm³/mol. The summed E-state index contributed by atoms with van der Waals surface area (Å²) in [6.45, 7) is 2.39. The van der Waals surface area contributed by atoms with Crippen molar-refractivity contribution >= 4 is 5.97 Å². The number of ether oxygens (including phenoxy) is 1. The number of hydrogen-bond acceptors (Lipinski definition) is 3. The van der Waals surface area contributed by atoms with Crippen LogP contribution in [0.1, 0.15) is 71.1 Å². The van der Waals surface area contributed by atoms with Crippen molar-refractivity contribution in [3.05, 3.63) is 0 Å². The topological polar surface area (TPSA) is 38.3 Å². The molecule has 3 nitrogen and oxygen atoms in total. The van der Waals surface area contributed by atoms with Crippen molar-refractivity contribution in [2.24, 2.45) is 0 Å². The molecule has 2 rings (SSSR count). The molecule has 2 saturated carbocycles. The van der Waals surface area contributed by atoms with Crippen LogP contribution in [0.25, 0.3) is 0 Å². The fourth-order valence-corrected chi connectivity index (χ4v) is 3.47. The summed E-state index contributed by atoms with van der Waals surface area (Å²) in [5.74, 6) is -0.00764. The molecule has 0 unspecified atom stereocenters. The van der Waals surface area contributed by atoms with Gasteiger partial charge in [0.25, 0.3) is 0 Å². The Hall–Kier alpha value is -0.570. The molecule has 0 bridgehead atoms. The summed E-state index contributed by atoms with van der Waals surface area (Å²) in [4.78, 5) is 12.2. The monoisotopic (exact) mass is 253 g/mol. The third kappa shape index (κ3) is 3.25. The first-order valence-electron chi connectivity index (χ1n) is 7.72. The Kier molecular flexibility index (Phi) is 5.04. The van der Waals surface area contributed by atoms with Gasteiger partial charge in [0.2, 0.25) is 0 Å². The van der Waals surface area contributed by atoms with Gasteiger partial charge in [0.1, 0.15) is 5.54 Å². The lowest BCUT2D eigenvalue weighted by atomic mass is 9.94. The van der Waals surface area contributed by atoms with Crippen molar-refractivity contribution in [2.45, 2.75) is 82.7 Å². The average Bonchev–Trinajstić information content (AvgIpc) is 2.69. The van der Waals surface area contributed by atoms with Crippen molar-refractivity contribution in [3.63, 3.8) is 0 Å². The Labute approximate surface area is 111 Å². The lowest BCUT2D eigenvalue weighted by Gasteiger charge is -2.32. The van der Waals surface area contributed by atoms with Crippen LogP contribution < -0.4 is 5.32 Å². The van der Waals surface area contributed by atoms with E-state index in [1.54, 1.807) is 0 Å². The van der Waals surface area contributed by atoms with Gasteiger partial charge in [-0.3, -0.25) is 10.1 Å². The molecule has 0 radical (unpaired) electrons. The van der Waals surface area contributed by atoms with Crippen LogP contribution in [0.2, 0.25) is 0 Å². The van der Waals surface area contributed by atoms with Crippen molar-refractivity contribution in [1.82, 2.24) is 5.32 Å². The standard InChI is InChI=1S/C15H27NO2/c1-2-18-14(17)15(11-7-8-12-15)16-13-9-5-3-4-6-10-13/h13,16H,2-12H2,1H3. The van der Waals surface area contributed by atoms with Crippen LogP contribution in [-0.2, 0) is 9.53 Å². The molecule has 0 aromatic heterocycles. The van der Waals surface area contributed by atoms with Gasteiger partial charge in [0.05, 0.1) is 6.61 Å². The van der Waals surface area contributed by atoms with Gasteiger partial charge < -0.3 is 4.74 Å².